The van der Waals surface area contributed by atoms with Crippen LogP contribution in [0.4, 0.5) is 11.4 Å². The number of hydrogen-bond donors (Lipinski definition) is 1. The highest BCUT2D eigenvalue weighted by Crippen LogP contribution is 2.48. The van der Waals surface area contributed by atoms with Gasteiger partial charge in [0.2, 0.25) is 0 Å². The van der Waals surface area contributed by atoms with Crippen LogP contribution in [0, 0.1) is 5.21 Å². The van der Waals surface area contributed by atoms with Crippen molar-refractivity contribution in [3.05, 3.63) is 52.7 Å². The van der Waals surface area contributed by atoms with Crippen molar-refractivity contribution in [3.63, 3.8) is 0 Å². The second kappa shape index (κ2) is 8.61. The largest absolute Gasteiger partial charge is 0.633 e. The number of benzene rings is 2. The Morgan fingerprint density at radius 3 is 2.57 bits per heavy atom. The second-order valence-electron chi connectivity index (χ2n) is 7.48. The van der Waals surface area contributed by atoms with Gasteiger partial charge in [0.15, 0.2) is 0 Å². The number of para-hydroxylation sites is 1. The average Bonchev–Trinajstić information content (AvgIpc) is 2.70. The molecule has 28 heavy (non-hydrogen) atoms. The molecule has 150 valence electrons. The van der Waals surface area contributed by atoms with Crippen LogP contribution in [0.15, 0.2) is 52.3 Å². The smallest absolute Gasteiger partial charge is 0.0913 e. The standard InChI is InChI=1S/C21H26ClN3O2S/c22-17-6-7-21-19(16-17)24(18-4-1-2-5-20(18)28-21)8-3-12-25(27)13-9-23(10-14-25)11-15-26/h1-2,4-7,16,26H,3,8-15H2. The monoisotopic (exact) mass is 419 g/mol. The Labute approximate surface area is 175 Å². The molecule has 0 saturated carbocycles. The number of piperazine rings is 1. The van der Waals surface area contributed by atoms with Gasteiger partial charge in [0, 0.05) is 47.4 Å². The molecule has 7 heteroatoms. The van der Waals surface area contributed by atoms with Crippen LogP contribution in [0.2, 0.25) is 5.02 Å². The fraction of sp³-hybridized carbons (Fsp3) is 0.429. The summed E-state index contributed by atoms with van der Waals surface area (Å²) in [6.07, 6.45) is 0.828. The van der Waals surface area contributed by atoms with Gasteiger partial charge in [-0.1, -0.05) is 35.5 Å². The van der Waals surface area contributed by atoms with Gasteiger partial charge in [-0.2, -0.15) is 0 Å². The Kier molecular flexibility index (Phi) is 6.16. The third-order valence-electron chi connectivity index (χ3n) is 5.60. The van der Waals surface area contributed by atoms with E-state index in [-0.39, 0.29) is 11.3 Å². The zero-order valence-corrected chi connectivity index (χ0v) is 17.5. The SMILES string of the molecule is [O-][N+]1(CCCN2c3ccccc3Sc3ccc(Cl)cc32)CCN(CCO)CC1. The van der Waals surface area contributed by atoms with Crippen molar-refractivity contribution in [1.82, 2.24) is 4.90 Å². The van der Waals surface area contributed by atoms with Gasteiger partial charge < -0.3 is 19.9 Å². The van der Waals surface area contributed by atoms with Crippen molar-refractivity contribution in [3.8, 4) is 0 Å². The lowest BCUT2D eigenvalue weighted by molar-refractivity contribution is -0.885. The molecule has 0 radical (unpaired) electrons. The predicted octanol–water partition coefficient (Wildman–Crippen LogP) is 3.96. The van der Waals surface area contributed by atoms with Crippen LogP contribution in [0.3, 0.4) is 0 Å². The van der Waals surface area contributed by atoms with E-state index in [9.17, 15) is 5.21 Å². The van der Waals surface area contributed by atoms with Gasteiger partial charge in [-0.25, -0.2) is 0 Å². The van der Waals surface area contributed by atoms with Crippen LogP contribution in [0.1, 0.15) is 6.42 Å². The molecule has 0 aliphatic carbocycles. The first-order valence-electron chi connectivity index (χ1n) is 9.82. The molecule has 0 unspecified atom stereocenters. The lowest BCUT2D eigenvalue weighted by Gasteiger charge is -2.48. The summed E-state index contributed by atoms with van der Waals surface area (Å²) in [6, 6.07) is 14.4. The molecule has 0 atom stereocenters. The van der Waals surface area contributed by atoms with Gasteiger partial charge in [0.05, 0.1) is 37.6 Å². The Balaban J connectivity index is 1.44. The Morgan fingerprint density at radius 2 is 1.79 bits per heavy atom. The van der Waals surface area contributed by atoms with E-state index in [0.29, 0.717) is 26.2 Å². The molecule has 2 aromatic rings. The number of aliphatic hydroxyl groups excluding tert-OH is 1. The molecule has 1 N–H and O–H groups in total. The maximum absolute atomic E-state index is 13.1. The molecule has 0 bridgehead atoms. The van der Waals surface area contributed by atoms with Gasteiger partial charge in [-0.3, -0.25) is 4.90 Å². The molecule has 2 heterocycles. The first kappa shape index (κ1) is 20.0. The number of fused-ring (bicyclic) bond motifs is 2. The van der Waals surface area contributed by atoms with Crippen LogP contribution in [-0.4, -0.2) is 67.1 Å². The minimum absolute atomic E-state index is 0.130. The van der Waals surface area contributed by atoms with E-state index < -0.39 is 0 Å². The highest BCUT2D eigenvalue weighted by atomic mass is 35.5. The third-order valence-corrected chi connectivity index (χ3v) is 6.96. The third kappa shape index (κ3) is 4.32. The number of quaternary nitrogens is 1. The number of hydrogen-bond acceptors (Lipinski definition) is 5. The second-order valence-corrected chi connectivity index (χ2v) is 9.00. The quantitative estimate of drug-likeness (QED) is 0.567. The Morgan fingerprint density at radius 1 is 1.04 bits per heavy atom. The Bertz CT molecular complexity index is 827. The van der Waals surface area contributed by atoms with Gasteiger partial charge in [0.1, 0.15) is 0 Å². The Hall–Kier alpha value is -1.28. The topological polar surface area (TPSA) is 49.8 Å². The average molecular weight is 420 g/mol. The van der Waals surface area contributed by atoms with Crippen molar-refractivity contribution in [2.75, 3.05) is 57.3 Å². The van der Waals surface area contributed by atoms with E-state index in [1.54, 1.807) is 11.8 Å². The summed E-state index contributed by atoms with van der Waals surface area (Å²) < 4.78 is -0.130. The van der Waals surface area contributed by atoms with Crippen LogP contribution in [-0.2, 0) is 0 Å². The van der Waals surface area contributed by atoms with E-state index in [1.165, 1.54) is 15.5 Å². The molecule has 0 aromatic heterocycles. The zero-order valence-electron chi connectivity index (χ0n) is 15.9. The van der Waals surface area contributed by atoms with Crippen LogP contribution < -0.4 is 4.90 Å². The summed E-state index contributed by atoms with van der Waals surface area (Å²) in [7, 11) is 0. The minimum Gasteiger partial charge on any atom is -0.633 e. The fourth-order valence-electron chi connectivity index (χ4n) is 4.02. The summed E-state index contributed by atoms with van der Waals surface area (Å²) >= 11 is 8.04. The predicted molar refractivity (Wildman–Crippen MR) is 115 cm³/mol. The molecule has 4 rings (SSSR count). The van der Waals surface area contributed by atoms with Crippen LogP contribution in [0.5, 0.6) is 0 Å². The van der Waals surface area contributed by atoms with Crippen LogP contribution in [0.25, 0.3) is 0 Å². The minimum atomic E-state index is -0.130. The van der Waals surface area contributed by atoms with Gasteiger partial charge in [-0.15, -0.1) is 0 Å². The van der Waals surface area contributed by atoms with E-state index in [4.69, 9.17) is 16.7 Å². The highest BCUT2D eigenvalue weighted by molar-refractivity contribution is 7.99. The molecule has 0 spiro atoms. The molecular formula is C21H26ClN3O2S. The van der Waals surface area contributed by atoms with Crippen molar-refractivity contribution in [1.29, 1.82) is 0 Å². The summed E-state index contributed by atoms with van der Waals surface area (Å²) in [4.78, 5) is 6.92. The van der Waals surface area contributed by atoms with Crippen LogP contribution >= 0.6 is 23.4 Å². The first-order valence-corrected chi connectivity index (χ1v) is 11.0. The van der Waals surface area contributed by atoms with Gasteiger partial charge in [0.25, 0.3) is 0 Å². The summed E-state index contributed by atoms with van der Waals surface area (Å²) in [5, 5.41) is 22.9. The number of nitrogens with zero attached hydrogens (tertiary/aromatic N) is 3. The number of aliphatic hydroxyl groups is 1. The lowest BCUT2D eigenvalue weighted by Crippen LogP contribution is -2.57. The summed E-state index contributed by atoms with van der Waals surface area (Å²) in [5.41, 5.74) is 2.31. The number of hydroxylamine groups is 3. The molecular weight excluding hydrogens is 394 g/mol. The van der Waals surface area contributed by atoms with Crippen molar-refractivity contribution < 1.29 is 9.75 Å². The highest BCUT2D eigenvalue weighted by Gasteiger charge is 2.27. The summed E-state index contributed by atoms with van der Waals surface area (Å²) in [6.45, 7) is 5.00. The summed E-state index contributed by atoms with van der Waals surface area (Å²) in [5.74, 6) is 0. The van der Waals surface area contributed by atoms with E-state index in [1.807, 2.05) is 12.1 Å². The number of anilines is 2. The maximum Gasteiger partial charge on any atom is 0.0913 e. The molecule has 1 saturated heterocycles. The molecule has 2 aliphatic rings. The van der Waals surface area contributed by atoms with Crippen molar-refractivity contribution in [2.45, 2.75) is 16.2 Å². The van der Waals surface area contributed by atoms with Gasteiger partial charge >= 0.3 is 0 Å². The fourth-order valence-corrected chi connectivity index (χ4v) is 5.26. The normalized spacial score (nSPS) is 18.6. The molecule has 5 nitrogen and oxygen atoms in total. The van der Waals surface area contributed by atoms with Crippen molar-refractivity contribution >= 4 is 34.7 Å². The molecule has 2 aliphatic heterocycles. The van der Waals surface area contributed by atoms with E-state index in [0.717, 1.165) is 36.8 Å². The zero-order chi connectivity index (χ0) is 19.6. The number of rotatable bonds is 6. The lowest BCUT2D eigenvalue weighted by atomic mass is 10.2. The first-order chi connectivity index (χ1) is 13.6. The molecule has 2 aromatic carbocycles. The number of β-amino-alcohol motifs (C(OH)–C–C–N with tert-alkyl or cyclic N) is 1. The number of halogens is 1. The van der Waals surface area contributed by atoms with Crippen molar-refractivity contribution in [2.24, 2.45) is 0 Å². The van der Waals surface area contributed by atoms with Gasteiger partial charge in [-0.05, 0) is 30.3 Å². The van der Waals surface area contributed by atoms with E-state index in [2.05, 4.69) is 40.1 Å². The van der Waals surface area contributed by atoms with E-state index >= 15 is 0 Å². The molecule has 1 fully saturated rings. The molecule has 0 amide bonds. The maximum atomic E-state index is 13.1.